The molecule has 0 aliphatic carbocycles. The predicted octanol–water partition coefficient (Wildman–Crippen LogP) is 4.09. The molecule has 0 aromatic heterocycles. The van der Waals surface area contributed by atoms with E-state index in [1.807, 2.05) is 25.1 Å². The second-order valence-corrected chi connectivity index (χ2v) is 5.59. The Morgan fingerprint density at radius 3 is 2.33 bits per heavy atom. The van der Waals surface area contributed by atoms with Crippen LogP contribution in [0, 0.1) is 0 Å². The maximum atomic E-state index is 5.74. The third kappa shape index (κ3) is 9.64. The van der Waals surface area contributed by atoms with Crippen molar-refractivity contribution in [2.45, 2.75) is 52.0 Å². The van der Waals surface area contributed by atoms with Crippen molar-refractivity contribution >= 4 is 12.6 Å². The summed E-state index contributed by atoms with van der Waals surface area (Å²) in [5.41, 5.74) is 6.83. The Labute approximate surface area is 135 Å². The zero-order valence-electron chi connectivity index (χ0n) is 13.9. The van der Waals surface area contributed by atoms with Gasteiger partial charge >= 0.3 is 0 Å². The predicted molar refractivity (Wildman–Crippen MR) is 94.9 cm³/mol. The number of methoxy groups -OCH3 is 2. The summed E-state index contributed by atoms with van der Waals surface area (Å²) in [6, 6.07) is 5.86. The van der Waals surface area contributed by atoms with Gasteiger partial charge in [0.15, 0.2) is 0 Å². The molecule has 0 radical (unpaired) electrons. The quantitative estimate of drug-likeness (QED) is 0.561. The summed E-state index contributed by atoms with van der Waals surface area (Å²) in [7, 11) is 3.31. The minimum atomic E-state index is 0.121. The fourth-order valence-corrected chi connectivity index (χ4v) is 2.15. The van der Waals surface area contributed by atoms with E-state index in [-0.39, 0.29) is 6.04 Å². The number of unbranched alkanes of at least 4 members (excludes halogenated alkanes) is 3. The molecular formula is C17H31NO2S. The number of thiol groups is 1. The van der Waals surface area contributed by atoms with Gasteiger partial charge in [0, 0.05) is 6.04 Å². The normalized spacial score (nSPS) is 11.3. The molecule has 1 aromatic carbocycles. The van der Waals surface area contributed by atoms with Gasteiger partial charge in [-0.15, -0.1) is 0 Å². The van der Waals surface area contributed by atoms with Crippen LogP contribution in [-0.2, 0) is 6.42 Å². The molecule has 1 aromatic rings. The van der Waals surface area contributed by atoms with E-state index in [9.17, 15) is 0 Å². The van der Waals surface area contributed by atoms with Crippen LogP contribution in [0.2, 0.25) is 0 Å². The van der Waals surface area contributed by atoms with Crippen molar-refractivity contribution in [1.82, 2.24) is 0 Å². The third-order valence-corrected chi connectivity index (χ3v) is 3.36. The maximum Gasteiger partial charge on any atom is 0.122 e. The Morgan fingerprint density at radius 2 is 1.86 bits per heavy atom. The first kappa shape index (κ1) is 20.1. The van der Waals surface area contributed by atoms with Crippen molar-refractivity contribution < 1.29 is 9.47 Å². The molecule has 0 saturated heterocycles. The molecule has 0 bridgehead atoms. The molecule has 122 valence electrons. The van der Waals surface area contributed by atoms with E-state index < -0.39 is 0 Å². The lowest BCUT2D eigenvalue weighted by Crippen LogP contribution is -2.18. The fraction of sp³-hybridized carbons (Fsp3) is 0.647. The molecule has 1 atom stereocenters. The molecule has 4 heteroatoms. The summed E-state index contributed by atoms with van der Waals surface area (Å²) in [6.45, 7) is 4.19. The molecule has 3 nitrogen and oxygen atoms in total. The number of hydrogen-bond acceptors (Lipinski definition) is 4. The largest absolute Gasteiger partial charge is 0.497 e. The van der Waals surface area contributed by atoms with Gasteiger partial charge in [-0.2, -0.15) is 12.6 Å². The van der Waals surface area contributed by atoms with Crippen LogP contribution < -0.4 is 15.2 Å². The molecule has 0 aliphatic rings. The van der Waals surface area contributed by atoms with Crippen molar-refractivity contribution in [2.24, 2.45) is 5.73 Å². The van der Waals surface area contributed by atoms with E-state index >= 15 is 0 Å². The van der Waals surface area contributed by atoms with Crippen molar-refractivity contribution in [3.05, 3.63) is 23.8 Å². The Bertz CT molecular complexity index is 366. The molecule has 2 N–H and O–H groups in total. The minimum absolute atomic E-state index is 0.121. The summed E-state index contributed by atoms with van der Waals surface area (Å²) < 4.78 is 10.4. The maximum absolute atomic E-state index is 5.74. The summed E-state index contributed by atoms with van der Waals surface area (Å²) in [4.78, 5) is 0. The molecule has 1 unspecified atom stereocenters. The summed E-state index contributed by atoms with van der Waals surface area (Å²) >= 11 is 4.09. The zero-order chi connectivity index (χ0) is 16.1. The molecular weight excluding hydrogens is 282 g/mol. The first-order valence-electron chi connectivity index (χ1n) is 7.66. The molecule has 0 heterocycles. The van der Waals surface area contributed by atoms with Crippen LogP contribution in [0.25, 0.3) is 0 Å². The van der Waals surface area contributed by atoms with Gasteiger partial charge < -0.3 is 15.2 Å². The van der Waals surface area contributed by atoms with Gasteiger partial charge in [0.2, 0.25) is 0 Å². The van der Waals surface area contributed by atoms with Crippen LogP contribution in [-0.4, -0.2) is 26.0 Å². The molecule has 0 aliphatic heterocycles. The highest BCUT2D eigenvalue weighted by molar-refractivity contribution is 7.80. The highest BCUT2D eigenvalue weighted by atomic mass is 32.1. The van der Waals surface area contributed by atoms with E-state index in [0.717, 1.165) is 29.2 Å². The van der Waals surface area contributed by atoms with E-state index in [4.69, 9.17) is 15.2 Å². The highest BCUT2D eigenvalue weighted by Gasteiger charge is 2.06. The smallest absolute Gasteiger partial charge is 0.122 e. The number of rotatable bonds is 8. The standard InChI is InChI=1S/C11H17NO2.C6H14S/c1-8(12)6-9-7-10(13-2)4-5-11(9)14-3;1-2-3-4-5-6-7/h4-5,7-8H,6,12H2,1-3H3;7H,2-6H2,1H3. The fourth-order valence-electron chi connectivity index (χ4n) is 1.93. The average Bonchev–Trinajstić information content (AvgIpc) is 2.48. The SMILES string of the molecule is CCCCCCS.COc1ccc(OC)c(CC(C)N)c1. The van der Waals surface area contributed by atoms with Crippen molar-refractivity contribution in [3.63, 3.8) is 0 Å². The van der Waals surface area contributed by atoms with Gasteiger partial charge in [-0.1, -0.05) is 26.2 Å². The van der Waals surface area contributed by atoms with Crippen LogP contribution in [0.15, 0.2) is 18.2 Å². The first-order valence-corrected chi connectivity index (χ1v) is 8.29. The molecule has 0 amide bonds. The van der Waals surface area contributed by atoms with E-state index in [1.54, 1.807) is 14.2 Å². The van der Waals surface area contributed by atoms with Crippen molar-refractivity contribution in [2.75, 3.05) is 20.0 Å². The lowest BCUT2D eigenvalue weighted by molar-refractivity contribution is 0.397. The van der Waals surface area contributed by atoms with Crippen LogP contribution in [0.1, 0.15) is 45.1 Å². The number of ether oxygens (including phenoxy) is 2. The molecule has 21 heavy (non-hydrogen) atoms. The number of hydrogen-bond donors (Lipinski definition) is 2. The Balaban J connectivity index is 0.000000486. The Hall–Kier alpha value is -0.870. The van der Waals surface area contributed by atoms with Crippen LogP contribution in [0.3, 0.4) is 0 Å². The van der Waals surface area contributed by atoms with Gasteiger partial charge in [-0.25, -0.2) is 0 Å². The summed E-state index contributed by atoms with van der Waals surface area (Å²) in [5.74, 6) is 2.75. The molecule has 0 saturated carbocycles. The first-order chi connectivity index (χ1) is 10.1. The van der Waals surface area contributed by atoms with Gasteiger partial charge in [-0.05, 0) is 49.3 Å². The van der Waals surface area contributed by atoms with Gasteiger partial charge in [0.1, 0.15) is 11.5 Å². The average molecular weight is 314 g/mol. The highest BCUT2D eigenvalue weighted by Crippen LogP contribution is 2.24. The van der Waals surface area contributed by atoms with E-state index in [1.165, 1.54) is 25.7 Å². The lowest BCUT2D eigenvalue weighted by atomic mass is 10.1. The Kier molecular flexibility index (Phi) is 12.3. The molecule has 0 spiro atoms. The second kappa shape index (κ2) is 12.8. The van der Waals surface area contributed by atoms with E-state index in [2.05, 4.69) is 19.6 Å². The van der Waals surface area contributed by atoms with Gasteiger partial charge in [0.25, 0.3) is 0 Å². The van der Waals surface area contributed by atoms with Crippen LogP contribution in [0.4, 0.5) is 0 Å². The van der Waals surface area contributed by atoms with E-state index in [0.29, 0.717) is 0 Å². The second-order valence-electron chi connectivity index (χ2n) is 5.14. The van der Waals surface area contributed by atoms with Crippen molar-refractivity contribution in [3.8, 4) is 11.5 Å². The minimum Gasteiger partial charge on any atom is -0.497 e. The summed E-state index contributed by atoms with van der Waals surface area (Å²) in [5, 5.41) is 0. The monoisotopic (exact) mass is 313 g/mol. The summed E-state index contributed by atoms with van der Waals surface area (Å²) in [6.07, 6.45) is 6.14. The molecule has 0 fully saturated rings. The third-order valence-electron chi connectivity index (χ3n) is 3.04. The number of benzene rings is 1. The number of nitrogens with two attached hydrogens (primary N) is 1. The Morgan fingerprint density at radius 1 is 1.14 bits per heavy atom. The van der Waals surface area contributed by atoms with Crippen LogP contribution >= 0.6 is 12.6 Å². The van der Waals surface area contributed by atoms with Crippen LogP contribution in [0.5, 0.6) is 11.5 Å². The van der Waals surface area contributed by atoms with Gasteiger partial charge in [-0.3, -0.25) is 0 Å². The zero-order valence-corrected chi connectivity index (χ0v) is 14.8. The van der Waals surface area contributed by atoms with Gasteiger partial charge in [0.05, 0.1) is 14.2 Å². The van der Waals surface area contributed by atoms with Crippen molar-refractivity contribution in [1.29, 1.82) is 0 Å². The molecule has 1 rings (SSSR count). The topological polar surface area (TPSA) is 44.5 Å². The lowest BCUT2D eigenvalue weighted by Gasteiger charge is -2.11.